The molecule has 0 spiro atoms. The molecule has 174 valence electrons. The number of urea groups is 1. The first-order valence-electron chi connectivity index (χ1n) is 11.4. The Labute approximate surface area is 199 Å². The van der Waals surface area contributed by atoms with Gasteiger partial charge >= 0.3 is 12.0 Å². The number of para-hydroxylation sites is 1. The molecule has 2 atom stereocenters. The Balaban J connectivity index is 1.40. The van der Waals surface area contributed by atoms with E-state index in [-0.39, 0.29) is 11.8 Å². The van der Waals surface area contributed by atoms with E-state index in [0.717, 1.165) is 34.4 Å². The standard InChI is InChI=1S/C28H28N2O4/c1-17-5-3-6-18(2)25(17)30-28(34)29-22-15-13-20(14-16-22)19-9-11-21(12-10-19)26(31)23-7-4-8-24(23)27(32)33/h3,5-6,9-16,23-24H,4,7-8H2,1-2H3,(H,32,33)(H2,29,30,34)/t23-,24-/m1/s1. The van der Waals surface area contributed by atoms with E-state index in [1.165, 1.54) is 0 Å². The predicted octanol–water partition coefficient (Wildman–Crippen LogP) is 6.30. The number of anilines is 2. The molecule has 6 nitrogen and oxygen atoms in total. The van der Waals surface area contributed by atoms with Crippen molar-refractivity contribution in [2.45, 2.75) is 33.1 Å². The van der Waals surface area contributed by atoms with E-state index in [1.54, 1.807) is 12.1 Å². The number of carbonyl (C=O) groups is 3. The van der Waals surface area contributed by atoms with Gasteiger partial charge in [0.05, 0.1) is 5.92 Å². The summed E-state index contributed by atoms with van der Waals surface area (Å²) in [6, 6.07) is 20.3. The molecule has 1 saturated carbocycles. The Morgan fingerprint density at radius 3 is 1.91 bits per heavy atom. The van der Waals surface area contributed by atoms with Crippen LogP contribution in [-0.2, 0) is 4.79 Å². The van der Waals surface area contributed by atoms with Gasteiger partial charge in [0.2, 0.25) is 0 Å². The van der Waals surface area contributed by atoms with Crippen LogP contribution < -0.4 is 10.6 Å². The number of Topliss-reactive ketones (excluding diaryl/α,β-unsaturated/α-hetero) is 1. The average Bonchev–Trinajstić information content (AvgIpc) is 3.32. The number of ketones is 1. The molecule has 2 amide bonds. The minimum absolute atomic E-state index is 0.0918. The van der Waals surface area contributed by atoms with Crippen molar-refractivity contribution in [1.82, 2.24) is 0 Å². The first kappa shape index (κ1) is 23.2. The fourth-order valence-electron chi connectivity index (χ4n) is 4.64. The van der Waals surface area contributed by atoms with Crippen molar-refractivity contribution in [3.8, 4) is 11.1 Å². The van der Waals surface area contributed by atoms with Gasteiger partial charge in [-0.2, -0.15) is 0 Å². The average molecular weight is 457 g/mol. The lowest BCUT2D eigenvalue weighted by Gasteiger charge is -2.15. The van der Waals surface area contributed by atoms with Crippen LogP contribution in [0.2, 0.25) is 0 Å². The number of hydrogen-bond donors (Lipinski definition) is 3. The number of rotatable bonds is 6. The third kappa shape index (κ3) is 5.01. The van der Waals surface area contributed by atoms with Gasteiger partial charge in [-0.3, -0.25) is 9.59 Å². The molecule has 1 fully saturated rings. The Hall–Kier alpha value is -3.93. The molecular formula is C28H28N2O4. The van der Waals surface area contributed by atoms with Crippen LogP contribution in [0, 0.1) is 25.7 Å². The van der Waals surface area contributed by atoms with Gasteiger partial charge in [0.25, 0.3) is 0 Å². The van der Waals surface area contributed by atoms with Crippen LogP contribution in [-0.4, -0.2) is 22.9 Å². The van der Waals surface area contributed by atoms with Crippen LogP contribution in [0.15, 0.2) is 66.7 Å². The maximum atomic E-state index is 12.8. The van der Waals surface area contributed by atoms with Gasteiger partial charge in [0, 0.05) is 22.9 Å². The first-order chi connectivity index (χ1) is 16.3. The van der Waals surface area contributed by atoms with Crippen molar-refractivity contribution < 1.29 is 19.5 Å². The van der Waals surface area contributed by atoms with Gasteiger partial charge in [-0.05, 0) is 61.1 Å². The van der Waals surface area contributed by atoms with Gasteiger partial charge in [0.15, 0.2) is 5.78 Å². The first-order valence-corrected chi connectivity index (χ1v) is 11.4. The van der Waals surface area contributed by atoms with E-state index >= 15 is 0 Å². The number of carbonyl (C=O) groups excluding carboxylic acids is 2. The summed E-state index contributed by atoms with van der Waals surface area (Å²) in [4.78, 5) is 36.7. The van der Waals surface area contributed by atoms with E-state index in [9.17, 15) is 19.5 Å². The fourth-order valence-corrected chi connectivity index (χ4v) is 4.64. The van der Waals surface area contributed by atoms with Gasteiger partial charge < -0.3 is 15.7 Å². The summed E-state index contributed by atoms with van der Waals surface area (Å²) in [5.41, 5.74) is 5.90. The quantitative estimate of drug-likeness (QED) is 0.379. The highest BCUT2D eigenvalue weighted by Gasteiger charge is 2.37. The third-order valence-electron chi connectivity index (χ3n) is 6.54. The molecule has 0 bridgehead atoms. The molecule has 0 radical (unpaired) electrons. The van der Waals surface area contributed by atoms with Gasteiger partial charge in [0.1, 0.15) is 0 Å². The molecule has 0 saturated heterocycles. The minimum atomic E-state index is -0.885. The smallest absolute Gasteiger partial charge is 0.323 e. The zero-order valence-corrected chi connectivity index (χ0v) is 19.3. The lowest BCUT2D eigenvalue weighted by Crippen LogP contribution is -2.25. The normalized spacial score (nSPS) is 17.2. The van der Waals surface area contributed by atoms with Crippen molar-refractivity contribution in [1.29, 1.82) is 0 Å². The molecule has 4 rings (SSSR count). The minimum Gasteiger partial charge on any atom is -0.481 e. The van der Waals surface area contributed by atoms with E-state index in [1.807, 2.05) is 68.4 Å². The summed E-state index contributed by atoms with van der Waals surface area (Å²) in [6.07, 6.45) is 1.96. The lowest BCUT2D eigenvalue weighted by atomic mass is 9.88. The monoisotopic (exact) mass is 456 g/mol. The maximum Gasteiger partial charge on any atom is 0.323 e. The van der Waals surface area contributed by atoms with E-state index in [2.05, 4.69) is 10.6 Å². The van der Waals surface area contributed by atoms with E-state index in [0.29, 0.717) is 24.1 Å². The summed E-state index contributed by atoms with van der Waals surface area (Å²) in [5.74, 6) is -2.00. The molecule has 0 aliphatic heterocycles. The maximum absolute atomic E-state index is 12.8. The SMILES string of the molecule is Cc1cccc(C)c1NC(=O)Nc1ccc(-c2ccc(C(=O)[C@@H]3CCC[C@H]3C(=O)O)cc2)cc1. The molecule has 0 heterocycles. The number of aliphatic carboxylic acids is 1. The zero-order chi connectivity index (χ0) is 24.2. The number of aryl methyl sites for hydroxylation is 2. The number of hydrogen-bond acceptors (Lipinski definition) is 3. The van der Waals surface area contributed by atoms with Crippen LogP contribution in [0.5, 0.6) is 0 Å². The number of nitrogens with one attached hydrogen (secondary N) is 2. The summed E-state index contributed by atoms with van der Waals surface area (Å²) in [7, 11) is 0. The Kier molecular flexibility index (Phi) is 6.77. The van der Waals surface area contributed by atoms with Crippen molar-refractivity contribution in [2.24, 2.45) is 11.8 Å². The highest BCUT2D eigenvalue weighted by atomic mass is 16.4. The molecule has 0 aromatic heterocycles. The Morgan fingerprint density at radius 1 is 0.765 bits per heavy atom. The fraction of sp³-hybridized carbons (Fsp3) is 0.250. The van der Waals surface area contributed by atoms with E-state index in [4.69, 9.17) is 0 Å². The highest BCUT2D eigenvalue weighted by Crippen LogP contribution is 2.35. The second-order valence-electron chi connectivity index (χ2n) is 8.85. The van der Waals surface area contributed by atoms with Crippen LogP contribution in [0.1, 0.15) is 40.7 Å². The van der Waals surface area contributed by atoms with Crippen LogP contribution in [0.3, 0.4) is 0 Å². The molecule has 34 heavy (non-hydrogen) atoms. The molecular weight excluding hydrogens is 428 g/mol. The van der Waals surface area contributed by atoms with Crippen LogP contribution >= 0.6 is 0 Å². The number of benzene rings is 3. The summed E-state index contributed by atoms with van der Waals surface area (Å²) in [5, 5.41) is 15.1. The van der Waals surface area contributed by atoms with Gasteiger partial charge in [-0.25, -0.2) is 4.79 Å². The molecule has 3 aromatic rings. The summed E-state index contributed by atoms with van der Waals surface area (Å²) in [6.45, 7) is 3.91. The number of amides is 2. The summed E-state index contributed by atoms with van der Waals surface area (Å²) < 4.78 is 0. The molecule has 1 aliphatic carbocycles. The second-order valence-corrected chi connectivity index (χ2v) is 8.85. The second kappa shape index (κ2) is 9.91. The molecule has 3 aromatic carbocycles. The van der Waals surface area contributed by atoms with E-state index < -0.39 is 17.8 Å². The van der Waals surface area contributed by atoms with Crippen molar-refractivity contribution in [3.63, 3.8) is 0 Å². The van der Waals surface area contributed by atoms with Crippen molar-refractivity contribution in [3.05, 3.63) is 83.4 Å². The molecule has 0 unspecified atom stereocenters. The molecule has 6 heteroatoms. The van der Waals surface area contributed by atoms with Crippen molar-refractivity contribution in [2.75, 3.05) is 10.6 Å². The summed E-state index contributed by atoms with van der Waals surface area (Å²) >= 11 is 0. The topological polar surface area (TPSA) is 95.5 Å². The third-order valence-corrected chi connectivity index (χ3v) is 6.54. The number of carboxylic acids is 1. The Bertz CT molecular complexity index is 1200. The highest BCUT2D eigenvalue weighted by molar-refractivity contribution is 6.01. The predicted molar refractivity (Wildman–Crippen MR) is 133 cm³/mol. The van der Waals surface area contributed by atoms with Crippen LogP contribution in [0.25, 0.3) is 11.1 Å². The molecule has 1 aliphatic rings. The lowest BCUT2D eigenvalue weighted by molar-refractivity contribution is -0.142. The van der Waals surface area contributed by atoms with Crippen molar-refractivity contribution >= 4 is 29.2 Å². The van der Waals surface area contributed by atoms with Crippen LogP contribution in [0.4, 0.5) is 16.2 Å². The zero-order valence-electron chi connectivity index (χ0n) is 19.3. The molecule has 3 N–H and O–H groups in total. The van der Waals surface area contributed by atoms with Gasteiger partial charge in [-0.1, -0.05) is 61.0 Å². The Morgan fingerprint density at radius 2 is 1.32 bits per heavy atom. The largest absolute Gasteiger partial charge is 0.481 e. The van der Waals surface area contributed by atoms with Gasteiger partial charge in [-0.15, -0.1) is 0 Å². The number of carboxylic acid groups (broad SMARTS) is 1.